The highest BCUT2D eigenvalue weighted by molar-refractivity contribution is 7.18. The van der Waals surface area contributed by atoms with Gasteiger partial charge in [-0.1, -0.05) is 6.92 Å². The number of H-pyrrole nitrogens is 1. The third-order valence-corrected chi connectivity index (χ3v) is 5.71. The van der Waals surface area contributed by atoms with Crippen LogP contribution in [0.15, 0.2) is 4.79 Å². The van der Waals surface area contributed by atoms with Crippen LogP contribution in [0.4, 0.5) is 0 Å². The van der Waals surface area contributed by atoms with Crippen molar-refractivity contribution >= 4 is 21.6 Å². The number of aromatic nitrogens is 2. The molecule has 0 aromatic carbocycles. The third-order valence-electron chi connectivity index (χ3n) is 4.52. The summed E-state index contributed by atoms with van der Waals surface area (Å²) in [6.07, 6.45) is 3.64. The quantitative estimate of drug-likeness (QED) is 0.711. The first kappa shape index (κ1) is 18.5. The molecule has 1 atom stereocenters. The Labute approximate surface area is 151 Å². The van der Waals surface area contributed by atoms with E-state index in [1.165, 1.54) is 10.4 Å². The van der Waals surface area contributed by atoms with E-state index in [-0.39, 0.29) is 5.56 Å². The van der Waals surface area contributed by atoms with Gasteiger partial charge in [0.15, 0.2) is 0 Å². The Morgan fingerprint density at radius 2 is 2.24 bits per heavy atom. The summed E-state index contributed by atoms with van der Waals surface area (Å²) in [5, 5.41) is 10.9. The summed E-state index contributed by atoms with van der Waals surface area (Å²) in [7, 11) is 0. The van der Waals surface area contributed by atoms with E-state index in [1.54, 1.807) is 11.3 Å². The maximum absolute atomic E-state index is 12.5. The minimum Gasteiger partial charge on any atom is -0.389 e. The number of nitrogens with one attached hydrogen (secondary N) is 1. The highest BCUT2D eigenvalue weighted by atomic mass is 32.1. The molecule has 0 saturated carbocycles. The number of rotatable bonds is 9. The number of aliphatic hydroxyl groups is 1. The summed E-state index contributed by atoms with van der Waals surface area (Å²) < 4.78 is 5.29. The monoisotopic (exact) mass is 365 g/mol. The normalized spacial score (nSPS) is 15.2. The molecular formula is C18H27N3O3S. The van der Waals surface area contributed by atoms with Gasteiger partial charge in [-0.2, -0.15) is 0 Å². The zero-order chi connectivity index (χ0) is 17.8. The maximum Gasteiger partial charge on any atom is 0.259 e. The second-order valence-corrected chi connectivity index (χ2v) is 7.68. The van der Waals surface area contributed by atoms with Crippen LogP contribution in [-0.4, -0.2) is 52.4 Å². The lowest BCUT2D eigenvalue weighted by Crippen LogP contribution is -2.36. The molecule has 0 spiro atoms. The molecule has 0 amide bonds. The molecular weight excluding hydrogens is 338 g/mol. The molecule has 0 radical (unpaired) electrons. The van der Waals surface area contributed by atoms with Crippen LogP contribution >= 0.6 is 11.3 Å². The van der Waals surface area contributed by atoms with Crippen molar-refractivity contribution in [3.8, 4) is 0 Å². The number of aryl methyl sites for hydroxylation is 2. The smallest absolute Gasteiger partial charge is 0.259 e. The number of hydrogen-bond acceptors (Lipinski definition) is 6. The molecule has 1 unspecified atom stereocenters. The second-order valence-electron chi connectivity index (χ2n) is 6.60. The highest BCUT2D eigenvalue weighted by Crippen LogP contribution is 2.34. The Hall–Kier alpha value is -1.28. The van der Waals surface area contributed by atoms with Crippen LogP contribution in [0.2, 0.25) is 0 Å². The maximum atomic E-state index is 12.5. The van der Waals surface area contributed by atoms with Crippen LogP contribution < -0.4 is 5.56 Å². The van der Waals surface area contributed by atoms with Gasteiger partial charge >= 0.3 is 0 Å². The second kappa shape index (κ2) is 8.40. The number of thiophene rings is 1. The summed E-state index contributed by atoms with van der Waals surface area (Å²) in [4.78, 5) is 24.5. The molecule has 0 fully saturated rings. The van der Waals surface area contributed by atoms with Crippen molar-refractivity contribution in [2.75, 3.05) is 26.3 Å². The molecule has 0 saturated heterocycles. The fraction of sp³-hybridized carbons (Fsp3) is 0.667. The van der Waals surface area contributed by atoms with Gasteiger partial charge in [-0.25, -0.2) is 4.98 Å². The summed E-state index contributed by atoms with van der Waals surface area (Å²) in [6.45, 7) is 6.83. The molecule has 6 nitrogen and oxygen atoms in total. The first-order chi connectivity index (χ1) is 12.1. The van der Waals surface area contributed by atoms with Gasteiger partial charge in [-0.3, -0.25) is 9.69 Å². The van der Waals surface area contributed by atoms with E-state index in [0.717, 1.165) is 42.4 Å². The van der Waals surface area contributed by atoms with Crippen molar-refractivity contribution in [2.24, 2.45) is 0 Å². The molecule has 0 bridgehead atoms. The number of aromatic amines is 1. The van der Waals surface area contributed by atoms with Crippen molar-refractivity contribution in [3.63, 3.8) is 0 Å². The van der Waals surface area contributed by atoms with E-state index in [1.807, 2.05) is 6.92 Å². The molecule has 2 heterocycles. The number of ether oxygens (including phenoxy) is 1. The Balaban J connectivity index is 1.76. The molecule has 1 aliphatic rings. The summed E-state index contributed by atoms with van der Waals surface area (Å²) in [5.41, 5.74) is 1.18. The Morgan fingerprint density at radius 1 is 1.40 bits per heavy atom. The zero-order valence-corrected chi connectivity index (χ0v) is 15.8. The molecule has 1 aliphatic carbocycles. The fourth-order valence-corrected chi connectivity index (χ4v) is 4.77. The number of hydrogen-bond donors (Lipinski definition) is 2. The van der Waals surface area contributed by atoms with Gasteiger partial charge in [-0.15, -0.1) is 11.3 Å². The van der Waals surface area contributed by atoms with Crippen LogP contribution in [0.5, 0.6) is 0 Å². The minimum absolute atomic E-state index is 0.0225. The molecule has 2 N–H and O–H groups in total. The van der Waals surface area contributed by atoms with Crippen LogP contribution in [0.1, 0.15) is 43.0 Å². The molecule has 7 heteroatoms. The van der Waals surface area contributed by atoms with Crippen molar-refractivity contribution in [1.29, 1.82) is 0 Å². The standard InChI is InChI=1S/C18H27N3O3S/c1-3-8-21(9-12(22)11-24-4-2)10-15-19-17(23)16-13-6-5-7-14(13)25-18(16)20-15/h12,22H,3-11H2,1-2H3,(H,19,20,23). The lowest BCUT2D eigenvalue weighted by Gasteiger charge is -2.24. The summed E-state index contributed by atoms with van der Waals surface area (Å²) in [5.74, 6) is 0.675. The molecule has 25 heavy (non-hydrogen) atoms. The first-order valence-corrected chi connectivity index (χ1v) is 9.95. The lowest BCUT2D eigenvalue weighted by atomic mass is 10.2. The highest BCUT2D eigenvalue weighted by Gasteiger charge is 2.21. The Bertz CT molecular complexity index is 771. The van der Waals surface area contributed by atoms with Gasteiger partial charge < -0.3 is 14.8 Å². The third kappa shape index (κ3) is 4.28. The van der Waals surface area contributed by atoms with E-state index in [9.17, 15) is 9.90 Å². The van der Waals surface area contributed by atoms with Gasteiger partial charge in [0.05, 0.1) is 24.6 Å². The van der Waals surface area contributed by atoms with E-state index in [2.05, 4.69) is 16.8 Å². The number of fused-ring (bicyclic) bond motifs is 3. The van der Waals surface area contributed by atoms with E-state index in [4.69, 9.17) is 9.72 Å². The fourth-order valence-electron chi connectivity index (χ4n) is 3.49. The molecule has 0 aliphatic heterocycles. The van der Waals surface area contributed by atoms with E-state index < -0.39 is 6.10 Å². The van der Waals surface area contributed by atoms with E-state index >= 15 is 0 Å². The van der Waals surface area contributed by atoms with Crippen molar-refractivity contribution in [1.82, 2.24) is 14.9 Å². The predicted molar refractivity (Wildman–Crippen MR) is 100 cm³/mol. The minimum atomic E-state index is -0.535. The van der Waals surface area contributed by atoms with E-state index in [0.29, 0.717) is 32.1 Å². The van der Waals surface area contributed by atoms with Crippen molar-refractivity contribution < 1.29 is 9.84 Å². The number of aliphatic hydroxyl groups excluding tert-OH is 1. The molecule has 2 aromatic rings. The Kier molecular flexibility index (Phi) is 6.22. The van der Waals surface area contributed by atoms with Crippen molar-refractivity contribution in [3.05, 3.63) is 26.6 Å². The number of nitrogens with zero attached hydrogens (tertiary/aromatic N) is 2. The van der Waals surface area contributed by atoms with Gasteiger partial charge in [0.25, 0.3) is 5.56 Å². The molecule has 138 valence electrons. The average Bonchev–Trinajstić information content (AvgIpc) is 3.13. The van der Waals surface area contributed by atoms with Crippen LogP contribution in [-0.2, 0) is 24.1 Å². The lowest BCUT2D eigenvalue weighted by molar-refractivity contribution is 0.0192. The summed E-state index contributed by atoms with van der Waals surface area (Å²) in [6, 6.07) is 0. The van der Waals surface area contributed by atoms with Gasteiger partial charge in [0.2, 0.25) is 0 Å². The SMILES string of the molecule is CCCN(Cc1nc2sc3c(c2c(=O)[nH]1)CCC3)CC(O)COCC. The van der Waals surface area contributed by atoms with Gasteiger partial charge in [0.1, 0.15) is 10.7 Å². The van der Waals surface area contributed by atoms with Gasteiger partial charge in [0, 0.05) is 18.0 Å². The van der Waals surface area contributed by atoms with Gasteiger partial charge in [-0.05, 0) is 44.7 Å². The zero-order valence-electron chi connectivity index (χ0n) is 15.0. The van der Waals surface area contributed by atoms with Crippen LogP contribution in [0.3, 0.4) is 0 Å². The average molecular weight is 365 g/mol. The first-order valence-electron chi connectivity index (χ1n) is 9.14. The Morgan fingerprint density at radius 3 is 3.00 bits per heavy atom. The topological polar surface area (TPSA) is 78.5 Å². The molecule has 2 aromatic heterocycles. The van der Waals surface area contributed by atoms with Crippen LogP contribution in [0, 0.1) is 0 Å². The largest absolute Gasteiger partial charge is 0.389 e. The predicted octanol–water partition coefficient (Wildman–Crippen LogP) is 2.08. The van der Waals surface area contributed by atoms with Crippen LogP contribution in [0.25, 0.3) is 10.2 Å². The molecule has 3 rings (SSSR count). The summed E-state index contributed by atoms with van der Waals surface area (Å²) >= 11 is 1.66. The van der Waals surface area contributed by atoms with Crippen molar-refractivity contribution in [2.45, 2.75) is 52.2 Å².